The molecule has 0 saturated carbocycles. The van der Waals surface area contributed by atoms with E-state index in [1.807, 2.05) is 31.2 Å². The van der Waals surface area contributed by atoms with Gasteiger partial charge in [0.2, 0.25) is 0 Å². The van der Waals surface area contributed by atoms with E-state index in [1.54, 1.807) is 6.07 Å². The number of fused-ring (bicyclic) bond motifs is 1. The highest BCUT2D eigenvalue weighted by Gasteiger charge is 2.33. The molecule has 0 bridgehead atoms. The number of halogens is 1. The van der Waals surface area contributed by atoms with E-state index in [4.69, 9.17) is 4.74 Å². The van der Waals surface area contributed by atoms with Crippen LogP contribution >= 0.6 is 0 Å². The van der Waals surface area contributed by atoms with Crippen molar-refractivity contribution in [2.24, 2.45) is 4.40 Å². The first-order valence-electron chi connectivity index (χ1n) is 9.02. The summed E-state index contributed by atoms with van der Waals surface area (Å²) in [6.45, 7) is 3.18. The van der Waals surface area contributed by atoms with Gasteiger partial charge in [-0.15, -0.1) is 4.40 Å². The monoisotopic (exact) mass is 388 g/mol. The van der Waals surface area contributed by atoms with Gasteiger partial charge in [0.05, 0.1) is 5.75 Å². The Morgan fingerprint density at radius 3 is 2.63 bits per heavy atom. The minimum Gasteiger partial charge on any atom is -0.457 e. The highest BCUT2D eigenvalue weighted by atomic mass is 32.2. The fourth-order valence-corrected chi connectivity index (χ4v) is 4.76. The number of benzene rings is 2. The van der Waals surface area contributed by atoms with Crippen LogP contribution in [-0.4, -0.2) is 38.0 Å². The number of hydrogen-bond donors (Lipinski definition) is 0. The van der Waals surface area contributed by atoms with E-state index in [1.165, 1.54) is 12.1 Å². The number of amidine groups is 1. The van der Waals surface area contributed by atoms with Crippen molar-refractivity contribution in [3.8, 4) is 11.5 Å². The Balaban J connectivity index is 1.57. The second-order valence-corrected chi connectivity index (χ2v) is 8.81. The number of piperidine rings is 1. The van der Waals surface area contributed by atoms with Crippen molar-refractivity contribution in [3.63, 3.8) is 0 Å². The van der Waals surface area contributed by atoms with Crippen LogP contribution in [0.15, 0.2) is 46.9 Å². The van der Waals surface area contributed by atoms with Crippen molar-refractivity contribution < 1.29 is 17.5 Å². The van der Waals surface area contributed by atoms with Gasteiger partial charge >= 0.3 is 0 Å². The normalized spacial score (nSPS) is 21.3. The van der Waals surface area contributed by atoms with Gasteiger partial charge in [-0.1, -0.05) is 12.1 Å². The third-order valence-corrected chi connectivity index (χ3v) is 6.11. The molecule has 2 aliphatic heterocycles. The molecule has 0 radical (unpaired) electrons. The lowest BCUT2D eigenvalue weighted by Gasteiger charge is -2.37. The SMILES string of the molecule is Cc1cc(F)cc(Oc2ccc([C@@H]3CCCN4CCS(=O)(=O)N=C34)cc2)c1. The lowest BCUT2D eigenvalue weighted by atomic mass is 9.89. The standard InChI is InChI=1S/C20H21FN2O3S/c1-14-11-16(21)13-18(12-14)26-17-6-4-15(5-7-17)19-3-2-8-23-9-10-27(24,25)22-20(19)23/h4-7,11-13,19H,2-3,8-10H2,1H3/t19-/m0/s1. The molecular formula is C20H21FN2O3S. The number of nitrogens with zero attached hydrogens (tertiary/aromatic N) is 2. The van der Waals surface area contributed by atoms with E-state index >= 15 is 0 Å². The molecule has 0 spiro atoms. The summed E-state index contributed by atoms with van der Waals surface area (Å²) in [6, 6.07) is 12.1. The molecule has 1 fully saturated rings. The minimum atomic E-state index is -3.37. The molecule has 2 aromatic rings. The molecule has 7 heteroatoms. The van der Waals surface area contributed by atoms with Crippen LogP contribution in [0.5, 0.6) is 11.5 Å². The van der Waals surface area contributed by atoms with E-state index in [0.717, 1.165) is 30.5 Å². The van der Waals surface area contributed by atoms with Gasteiger partial charge < -0.3 is 9.64 Å². The average Bonchev–Trinajstić information content (AvgIpc) is 2.60. The van der Waals surface area contributed by atoms with Gasteiger partial charge in [-0.25, -0.2) is 12.8 Å². The third kappa shape index (κ3) is 3.98. The van der Waals surface area contributed by atoms with Gasteiger partial charge in [0.25, 0.3) is 10.0 Å². The van der Waals surface area contributed by atoms with Crippen LogP contribution in [-0.2, 0) is 10.0 Å². The zero-order valence-electron chi connectivity index (χ0n) is 15.1. The predicted molar refractivity (Wildman–Crippen MR) is 102 cm³/mol. The smallest absolute Gasteiger partial charge is 0.256 e. The molecule has 4 rings (SSSR count). The second-order valence-electron chi connectivity index (χ2n) is 7.05. The lowest BCUT2D eigenvalue weighted by Crippen LogP contribution is -2.46. The Morgan fingerprint density at radius 1 is 1.11 bits per heavy atom. The summed E-state index contributed by atoms with van der Waals surface area (Å²) in [5.74, 6) is 1.44. The van der Waals surface area contributed by atoms with Crippen LogP contribution < -0.4 is 4.74 Å². The Hall–Kier alpha value is -2.41. The van der Waals surface area contributed by atoms with E-state index in [0.29, 0.717) is 23.9 Å². The van der Waals surface area contributed by atoms with Crippen molar-refractivity contribution in [1.82, 2.24) is 4.90 Å². The van der Waals surface area contributed by atoms with Crippen LogP contribution in [0, 0.1) is 12.7 Å². The molecule has 1 saturated heterocycles. The van der Waals surface area contributed by atoms with Crippen molar-refractivity contribution in [1.29, 1.82) is 0 Å². The van der Waals surface area contributed by atoms with Gasteiger partial charge in [0.15, 0.2) is 0 Å². The second kappa shape index (κ2) is 6.96. The minimum absolute atomic E-state index is 0.0284. The molecule has 0 N–H and O–H groups in total. The first-order valence-corrected chi connectivity index (χ1v) is 10.6. The van der Waals surface area contributed by atoms with E-state index < -0.39 is 10.0 Å². The summed E-state index contributed by atoms with van der Waals surface area (Å²) < 4.78 is 47.2. The highest BCUT2D eigenvalue weighted by molar-refractivity contribution is 7.90. The zero-order valence-corrected chi connectivity index (χ0v) is 15.9. The summed E-state index contributed by atoms with van der Waals surface area (Å²) in [4.78, 5) is 2.08. The Labute approximate surface area is 158 Å². The molecule has 5 nitrogen and oxygen atoms in total. The number of ether oxygens (including phenoxy) is 1. The lowest BCUT2D eigenvalue weighted by molar-refractivity contribution is 0.366. The Morgan fingerprint density at radius 2 is 1.89 bits per heavy atom. The number of hydrogen-bond acceptors (Lipinski definition) is 4. The third-order valence-electron chi connectivity index (χ3n) is 4.94. The van der Waals surface area contributed by atoms with E-state index in [2.05, 4.69) is 9.30 Å². The van der Waals surface area contributed by atoms with E-state index in [9.17, 15) is 12.8 Å². The molecule has 2 heterocycles. The van der Waals surface area contributed by atoms with Crippen LogP contribution in [0.4, 0.5) is 4.39 Å². The summed E-state index contributed by atoms with van der Waals surface area (Å²) in [5, 5.41) is 0. The van der Waals surface area contributed by atoms with Gasteiger partial charge in [-0.2, -0.15) is 0 Å². The van der Waals surface area contributed by atoms with Crippen LogP contribution in [0.3, 0.4) is 0 Å². The van der Waals surface area contributed by atoms with Crippen molar-refractivity contribution in [2.75, 3.05) is 18.8 Å². The molecule has 2 aromatic carbocycles. The Kier molecular flexibility index (Phi) is 4.63. The number of rotatable bonds is 3. The number of aryl methyl sites for hydroxylation is 1. The quantitative estimate of drug-likeness (QED) is 0.801. The molecule has 1 atom stereocenters. The van der Waals surface area contributed by atoms with Crippen LogP contribution in [0.2, 0.25) is 0 Å². The maximum atomic E-state index is 13.5. The zero-order chi connectivity index (χ0) is 19.0. The molecule has 27 heavy (non-hydrogen) atoms. The highest BCUT2D eigenvalue weighted by Crippen LogP contribution is 2.33. The van der Waals surface area contributed by atoms with Gasteiger partial charge in [-0.3, -0.25) is 0 Å². The first-order chi connectivity index (χ1) is 12.9. The van der Waals surface area contributed by atoms with Crippen LogP contribution in [0.25, 0.3) is 0 Å². The maximum absolute atomic E-state index is 13.5. The average molecular weight is 388 g/mol. The molecule has 0 aliphatic carbocycles. The van der Waals surface area contributed by atoms with Crippen LogP contribution in [0.1, 0.15) is 29.9 Å². The first kappa shape index (κ1) is 18.0. The van der Waals surface area contributed by atoms with Gasteiger partial charge in [0, 0.05) is 25.1 Å². The van der Waals surface area contributed by atoms with E-state index in [-0.39, 0.29) is 17.5 Å². The van der Waals surface area contributed by atoms with Crippen molar-refractivity contribution in [3.05, 3.63) is 59.4 Å². The molecule has 142 valence electrons. The molecular weight excluding hydrogens is 367 g/mol. The fourth-order valence-electron chi connectivity index (χ4n) is 3.69. The van der Waals surface area contributed by atoms with Gasteiger partial charge in [0.1, 0.15) is 23.2 Å². The maximum Gasteiger partial charge on any atom is 0.256 e. The topological polar surface area (TPSA) is 59.0 Å². The fraction of sp³-hybridized carbons (Fsp3) is 0.350. The van der Waals surface area contributed by atoms with Crippen molar-refractivity contribution in [2.45, 2.75) is 25.7 Å². The molecule has 0 aromatic heterocycles. The van der Waals surface area contributed by atoms with Gasteiger partial charge in [-0.05, 0) is 55.2 Å². The molecule has 2 aliphatic rings. The molecule has 0 unspecified atom stereocenters. The summed E-state index contributed by atoms with van der Waals surface area (Å²) in [5.41, 5.74) is 1.80. The van der Waals surface area contributed by atoms with Crippen molar-refractivity contribution >= 4 is 15.9 Å². The predicted octanol–water partition coefficient (Wildman–Crippen LogP) is 3.85. The summed E-state index contributed by atoms with van der Waals surface area (Å²) in [7, 11) is -3.37. The largest absolute Gasteiger partial charge is 0.457 e. The Bertz CT molecular complexity index is 967. The summed E-state index contributed by atoms with van der Waals surface area (Å²) in [6.07, 6.45) is 1.87. The molecule has 0 amide bonds. The number of sulfonamides is 1. The summed E-state index contributed by atoms with van der Waals surface area (Å²) >= 11 is 0.